The van der Waals surface area contributed by atoms with E-state index in [1.54, 1.807) is 0 Å². The largest absolute Gasteiger partial charge is 0.444 e. The fraction of sp³-hybridized carbons (Fsp3) is 0.933. The van der Waals surface area contributed by atoms with Crippen molar-refractivity contribution < 1.29 is 9.53 Å². The molecule has 4 nitrogen and oxygen atoms in total. The van der Waals surface area contributed by atoms with Gasteiger partial charge in [-0.25, -0.2) is 4.79 Å². The van der Waals surface area contributed by atoms with Crippen molar-refractivity contribution >= 4 is 6.09 Å². The Morgan fingerprint density at radius 1 is 1.32 bits per heavy atom. The molecule has 1 amide bonds. The van der Waals surface area contributed by atoms with Crippen LogP contribution in [0.15, 0.2) is 0 Å². The molecule has 1 saturated carbocycles. The number of hydrogen-bond acceptors (Lipinski definition) is 3. The maximum Gasteiger partial charge on any atom is 0.407 e. The number of rotatable bonds is 4. The second-order valence-corrected chi connectivity index (χ2v) is 6.94. The Morgan fingerprint density at radius 3 is 2.37 bits per heavy atom. The topological polar surface area (TPSA) is 64.3 Å². The maximum absolute atomic E-state index is 11.7. The molecule has 0 unspecified atom stereocenters. The summed E-state index contributed by atoms with van der Waals surface area (Å²) < 4.78 is 5.27. The molecule has 0 bridgehead atoms. The van der Waals surface area contributed by atoms with E-state index in [4.69, 9.17) is 10.5 Å². The third-order valence-electron chi connectivity index (χ3n) is 3.76. The van der Waals surface area contributed by atoms with Gasteiger partial charge in [-0.05, 0) is 39.0 Å². The first-order valence-corrected chi connectivity index (χ1v) is 7.49. The van der Waals surface area contributed by atoms with E-state index in [-0.39, 0.29) is 12.1 Å². The third kappa shape index (κ3) is 6.81. The number of carbonyl (C=O) groups is 1. The predicted molar refractivity (Wildman–Crippen MR) is 78.0 cm³/mol. The molecule has 1 aliphatic carbocycles. The zero-order valence-corrected chi connectivity index (χ0v) is 12.9. The molecule has 0 aromatic carbocycles. The van der Waals surface area contributed by atoms with Crippen LogP contribution in [0.5, 0.6) is 0 Å². The van der Waals surface area contributed by atoms with E-state index in [9.17, 15) is 4.79 Å². The summed E-state index contributed by atoms with van der Waals surface area (Å²) in [4.78, 5) is 11.7. The minimum Gasteiger partial charge on any atom is -0.444 e. The minimum absolute atomic E-state index is 0.0354. The van der Waals surface area contributed by atoms with Crippen LogP contribution < -0.4 is 11.1 Å². The molecule has 0 aromatic rings. The highest BCUT2D eigenvalue weighted by atomic mass is 16.6. The average Bonchev–Trinajstić information content (AvgIpc) is 2.28. The molecule has 0 saturated heterocycles. The number of alkyl carbamates (subject to hydrolysis) is 1. The van der Waals surface area contributed by atoms with Gasteiger partial charge in [0, 0.05) is 12.6 Å². The molecule has 0 spiro atoms. The van der Waals surface area contributed by atoms with Gasteiger partial charge in [-0.1, -0.05) is 32.6 Å². The van der Waals surface area contributed by atoms with Gasteiger partial charge in [0.25, 0.3) is 0 Å². The quantitative estimate of drug-likeness (QED) is 0.825. The number of nitrogens with two attached hydrogens (primary N) is 1. The van der Waals surface area contributed by atoms with E-state index in [1.165, 1.54) is 25.7 Å². The SMILES string of the molecule is CC1CCC(C[C@@H](CN)NC(=O)OC(C)(C)C)CC1. The summed E-state index contributed by atoms with van der Waals surface area (Å²) in [7, 11) is 0. The van der Waals surface area contributed by atoms with Crippen LogP contribution in [-0.2, 0) is 4.74 Å². The Balaban J connectivity index is 2.35. The molecule has 1 atom stereocenters. The highest BCUT2D eigenvalue weighted by Crippen LogP contribution is 2.31. The van der Waals surface area contributed by atoms with Crippen LogP contribution in [0, 0.1) is 11.8 Å². The molecule has 1 rings (SSSR count). The molecule has 1 fully saturated rings. The van der Waals surface area contributed by atoms with E-state index < -0.39 is 5.60 Å². The molecule has 0 aliphatic heterocycles. The average molecular weight is 270 g/mol. The van der Waals surface area contributed by atoms with E-state index in [1.807, 2.05) is 20.8 Å². The summed E-state index contributed by atoms with van der Waals surface area (Å²) in [6, 6.07) is 0.0354. The Kier molecular flexibility index (Phi) is 6.11. The number of carbonyl (C=O) groups excluding carboxylic acids is 1. The summed E-state index contributed by atoms with van der Waals surface area (Å²) >= 11 is 0. The van der Waals surface area contributed by atoms with E-state index in [0.717, 1.165) is 12.3 Å². The van der Waals surface area contributed by atoms with Crippen LogP contribution >= 0.6 is 0 Å². The van der Waals surface area contributed by atoms with Crippen molar-refractivity contribution in [1.82, 2.24) is 5.32 Å². The Labute approximate surface area is 117 Å². The Hall–Kier alpha value is -0.770. The molecule has 19 heavy (non-hydrogen) atoms. The van der Waals surface area contributed by atoms with E-state index in [2.05, 4.69) is 12.2 Å². The summed E-state index contributed by atoms with van der Waals surface area (Å²) in [5.41, 5.74) is 5.30. The summed E-state index contributed by atoms with van der Waals surface area (Å²) in [6.45, 7) is 8.40. The van der Waals surface area contributed by atoms with Crippen molar-refractivity contribution in [3.05, 3.63) is 0 Å². The second kappa shape index (κ2) is 7.13. The second-order valence-electron chi connectivity index (χ2n) is 6.94. The number of nitrogens with one attached hydrogen (secondary N) is 1. The number of hydrogen-bond donors (Lipinski definition) is 2. The molecule has 4 heteroatoms. The lowest BCUT2D eigenvalue weighted by atomic mass is 9.80. The number of amides is 1. The Bertz CT molecular complexity index is 278. The van der Waals surface area contributed by atoms with Gasteiger partial charge < -0.3 is 15.8 Å². The van der Waals surface area contributed by atoms with Gasteiger partial charge >= 0.3 is 6.09 Å². The zero-order valence-electron chi connectivity index (χ0n) is 12.9. The summed E-state index contributed by atoms with van der Waals surface area (Å²) in [5, 5.41) is 2.90. The molecular formula is C15H30N2O2. The first-order valence-electron chi connectivity index (χ1n) is 7.49. The van der Waals surface area contributed by atoms with Crippen molar-refractivity contribution in [3.8, 4) is 0 Å². The van der Waals surface area contributed by atoms with Crippen LogP contribution in [0.3, 0.4) is 0 Å². The van der Waals surface area contributed by atoms with Crippen molar-refractivity contribution in [2.45, 2.75) is 71.4 Å². The molecule has 0 radical (unpaired) electrons. The van der Waals surface area contributed by atoms with Crippen molar-refractivity contribution in [1.29, 1.82) is 0 Å². The van der Waals surface area contributed by atoms with Gasteiger partial charge in [-0.3, -0.25) is 0 Å². The highest BCUT2D eigenvalue weighted by molar-refractivity contribution is 5.68. The fourth-order valence-electron chi connectivity index (χ4n) is 2.66. The van der Waals surface area contributed by atoms with Gasteiger partial charge in [0.05, 0.1) is 0 Å². The van der Waals surface area contributed by atoms with Crippen molar-refractivity contribution in [3.63, 3.8) is 0 Å². The molecule has 0 heterocycles. The van der Waals surface area contributed by atoms with E-state index >= 15 is 0 Å². The van der Waals surface area contributed by atoms with Gasteiger partial charge in [0.1, 0.15) is 5.60 Å². The first-order chi connectivity index (χ1) is 8.80. The summed E-state index contributed by atoms with van der Waals surface area (Å²) in [5.74, 6) is 1.55. The molecule has 1 aliphatic rings. The van der Waals surface area contributed by atoms with Crippen molar-refractivity contribution in [2.75, 3.05) is 6.54 Å². The summed E-state index contributed by atoms with van der Waals surface area (Å²) in [6.07, 6.45) is 5.74. The molecule has 0 aromatic heterocycles. The normalized spacial score (nSPS) is 25.7. The lowest BCUT2D eigenvalue weighted by molar-refractivity contribution is 0.0496. The third-order valence-corrected chi connectivity index (χ3v) is 3.76. The zero-order chi connectivity index (χ0) is 14.5. The standard InChI is InChI=1S/C15H30N2O2/c1-11-5-7-12(8-6-11)9-13(10-16)17-14(18)19-15(2,3)4/h11-13H,5-10,16H2,1-4H3,(H,17,18)/t11?,12?,13-/m0/s1. The molecule has 3 N–H and O–H groups in total. The maximum atomic E-state index is 11.7. The van der Waals surface area contributed by atoms with Crippen LogP contribution in [-0.4, -0.2) is 24.3 Å². The van der Waals surface area contributed by atoms with Crippen LogP contribution in [0.4, 0.5) is 4.79 Å². The van der Waals surface area contributed by atoms with Crippen LogP contribution in [0.1, 0.15) is 59.8 Å². The van der Waals surface area contributed by atoms with E-state index in [0.29, 0.717) is 12.5 Å². The van der Waals surface area contributed by atoms with Crippen LogP contribution in [0.25, 0.3) is 0 Å². The highest BCUT2D eigenvalue weighted by Gasteiger charge is 2.24. The molecular weight excluding hydrogens is 240 g/mol. The van der Waals surface area contributed by atoms with Gasteiger partial charge in [-0.15, -0.1) is 0 Å². The van der Waals surface area contributed by atoms with Gasteiger partial charge in [0.2, 0.25) is 0 Å². The fourth-order valence-corrected chi connectivity index (χ4v) is 2.66. The Morgan fingerprint density at radius 2 is 1.89 bits per heavy atom. The minimum atomic E-state index is -0.455. The smallest absolute Gasteiger partial charge is 0.407 e. The predicted octanol–water partition coefficient (Wildman–Crippen LogP) is 3.05. The van der Waals surface area contributed by atoms with Crippen molar-refractivity contribution in [2.24, 2.45) is 17.6 Å². The lowest BCUT2D eigenvalue weighted by Crippen LogP contribution is -2.44. The van der Waals surface area contributed by atoms with Gasteiger partial charge in [-0.2, -0.15) is 0 Å². The molecule has 112 valence electrons. The lowest BCUT2D eigenvalue weighted by Gasteiger charge is -2.30. The number of ether oxygens (including phenoxy) is 1. The monoisotopic (exact) mass is 270 g/mol. The van der Waals surface area contributed by atoms with Gasteiger partial charge in [0.15, 0.2) is 0 Å². The van der Waals surface area contributed by atoms with Crippen LogP contribution in [0.2, 0.25) is 0 Å². The first kappa shape index (κ1) is 16.3.